The van der Waals surface area contributed by atoms with Gasteiger partial charge in [-0.05, 0) is 38.3 Å². The first kappa shape index (κ1) is 11.9. The average Bonchev–Trinajstić information content (AvgIpc) is 3.13. The highest BCUT2D eigenvalue weighted by Gasteiger charge is 2.32. The maximum Gasteiger partial charge on any atom is 0.254 e. The monoisotopic (exact) mass is 233 g/mol. The molecule has 0 aliphatic heterocycles. The molecule has 0 unspecified atom stereocenters. The van der Waals surface area contributed by atoms with E-state index < -0.39 is 0 Å². The molecule has 0 saturated heterocycles. The summed E-state index contributed by atoms with van der Waals surface area (Å²) in [5.41, 5.74) is 7.27. The van der Waals surface area contributed by atoms with Gasteiger partial charge in [0.05, 0.1) is 0 Å². The van der Waals surface area contributed by atoms with Crippen LogP contribution in [0.4, 0.5) is 5.82 Å². The fourth-order valence-electron chi connectivity index (χ4n) is 2.04. The Morgan fingerprint density at radius 3 is 2.71 bits per heavy atom. The van der Waals surface area contributed by atoms with E-state index in [0.717, 1.165) is 31.5 Å². The SMILES string of the molecule is CCc1cc(C(=O)N(CC)C2CC2)cc(N)n1. The van der Waals surface area contributed by atoms with Crippen LogP contribution in [0.1, 0.15) is 42.7 Å². The quantitative estimate of drug-likeness (QED) is 0.863. The van der Waals surface area contributed by atoms with Gasteiger partial charge in [-0.15, -0.1) is 0 Å². The summed E-state index contributed by atoms with van der Waals surface area (Å²) < 4.78 is 0. The summed E-state index contributed by atoms with van der Waals surface area (Å²) in [4.78, 5) is 18.4. The maximum absolute atomic E-state index is 12.3. The third-order valence-corrected chi connectivity index (χ3v) is 3.10. The van der Waals surface area contributed by atoms with Crippen LogP contribution in [0.25, 0.3) is 0 Å². The first-order chi connectivity index (χ1) is 8.15. The van der Waals surface area contributed by atoms with Gasteiger partial charge in [-0.1, -0.05) is 6.92 Å². The number of nitrogen functional groups attached to an aromatic ring is 1. The van der Waals surface area contributed by atoms with E-state index in [9.17, 15) is 4.79 Å². The van der Waals surface area contributed by atoms with Crippen molar-refractivity contribution in [3.05, 3.63) is 23.4 Å². The highest BCUT2D eigenvalue weighted by molar-refractivity contribution is 5.95. The van der Waals surface area contributed by atoms with Gasteiger partial charge < -0.3 is 10.6 Å². The Bertz CT molecular complexity index is 427. The van der Waals surface area contributed by atoms with E-state index in [1.54, 1.807) is 6.07 Å². The molecule has 0 spiro atoms. The second-order valence-electron chi connectivity index (χ2n) is 4.45. The first-order valence-corrected chi connectivity index (χ1v) is 6.23. The van der Waals surface area contributed by atoms with Crippen molar-refractivity contribution in [1.29, 1.82) is 0 Å². The molecule has 4 nitrogen and oxygen atoms in total. The van der Waals surface area contributed by atoms with E-state index in [1.807, 2.05) is 24.8 Å². The van der Waals surface area contributed by atoms with Gasteiger partial charge in [-0.2, -0.15) is 0 Å². The summed E-state index contributed by atoms with van der Waals surface area (Å²) in [6.45, 7) is 4.78. The summed E-state index contributed by atoms with van der Waals surface area (Å²) >= 11 is 0. The van der Waals surface area contributed by atoms with Crippen molar-refractivity contribution in [1.82, 2.24) is 9.88 Å². The molecule has 4 heteroatoms. The molecule has 1 heterocycles. The van der Waals surface area contributed by atoms with Crippen molar-refractivity contribution in [2.24, 2.45) is 0 Å². The lowest BCUT2D eigenvalue weighted by atomic mass is 10.1. The molecular weight excluding hydrogens is 214 g/mol. The highest BCUT2D eigenvalue weighted by atomic mass is 16.2. The zero-order valence-corrected chi connectivity index (χ0v) is 10.4. The third kappa shape index (κ3) is 2.57. The Hall–Kier alpha value is -1.58. The molecule has 0 bridgehead atoms. The molecule has 2 N–H and O–H groups in total. The molecule has 0 atom stereocenters. The second kappa shape index (κ2) is 4.73. The Morgan fingerprint density at radius 1 is 1.47 bits per heavy atom. The molecule has 92 valence electrons. The minimum absolute atomic E-state index is 0.0822. The van der Waals surface area contributed by atoms with Crippen LogP contribution in [0.15, 0.2) is 12.1 Å². The normalized spacial score (nSPS) is 14.7. The molecule has 2 rings (SSSR count). The molecule has 1 aromatic heterocycles. The zero-order chi connectivity index (χ0) is 12.4. The smallest absolute Gasteiger partial charge is 0.254 e. The summed E-state index contributed by atoms with van der Waals surface area (Å²) in [5, 5.41) is 0. The van der Waals surface area contributed by atoms with Crippen molar-refractivity contribution >= 4 is 11.7 Å². The van der Waals surface area contributed by atoms with Crippen LogP contribution in [-0.2, 0) is 6.42 Å². The first-order valence-electron chi connectivity index (χ1n) is 6.23. The fraction of sp³-hybridized carbons (Fsp3) is 0.538. The molecule has 1 fully saturated rings. The Balaban J connectivity index is 2.25. The van der Waals surface area contributed by atoms with E-state index in [4.69, 9.17) is 5.73 Å². The molecule has 0 radical (unpaired) electrons. The number of hydrogen-bond donors (Lipinski definition) is 1. The summed E-state index contributed by atoms with van der Waals surface area (Å²) in [6, 6.07) is 3.96. The number of amides is 1. The Morgan fingerprint density at radius 2 is 2.18 bits per heavy atom. The number of carbonyl (C=O) groups is 1. The molecule has 1 aliphatic rings. The van der Waals surface area contributed by atoms with Crippen molar-refractivity contribution in [2.45, 2.75) is 39.2 Å². The number of anilines is 1. The maximum atomic E-state index is 12.3. The summed E-state index contributed by atoms with van der Waals surface area (Å²) in [6.07, 6.45) is 3.04. The predicted molar refractivity (Wildman–Crippen MR) is 67.8 cm³/mol. The molecular formula is C13H19N3O. The molecule has 1 aromatic rings. The lowest BCUT2D eigenvalue weighted by molar-refractivity contribution is 0.0752. The minimum atomic E-state index is 0.0822. The Labute approximate surface area is 102 Å². The minimum Gasteiger partial charge on any atom is -0.384 e. The molecule has 1 saturated carbocycles. The van der Waals surface area contributed by atoms with E-state index >= 15 is 0 Å². The topological polar surface area (TPSA) is 59.2 Å². The van der Waals surface area contributed by atoms with Gasteiger partial charge in [0.2, 0.25) is 0 Å². The molecule has 17 heavy (non-hydrogen) atoms. The standard InChI is InChI=1S/C13H19N3O/c1-3-10-7-9(8-12(14)15-10)13(17)16(4-2)11-5-6-11/h7-8,11H,3-6H2,1-2H3,(H2,14,15). The number of aromatic nitrogens is 1. The van der Waals surface area contributed by atoms with Crippen LogP contribution in [-0.4, -0.2) is 28.4 Å². The highest BCUT2D eigenvalue weighted by Crippen LogP contribution is 2.28. The lowest BCUT2D eigenvalue weighted by Gasteiger charge is -2.20. The number of aryl methyl sites for hydroxylation is 1. The number of pyridine rings is 1. The van der Waals surface area contributed by atoms with Gasteiger partial charge in [-0.3, -0.25) is 4.79 Å². The molecule has 1 amide bonds. The number of carbonyl (C=O) groups excluding carboxylic acids is 1. The Kier molecular flexibility index (Phi) is 3.31. The van der Waals surface area contributed by atoms with Crippen molar-refractivity contribution in [2.75, 3.05) is 12.3 Å². The van der Waals surface area contributed by atoms with Crippen LogP contribution in [0.2, 0.25) is 0 Å². The van der Waals surface area contributed by atoms with Gasteiger partial charge in [0.15, 0.2) is 0 Å². The summed E-state index contributed by atoms with van der Waals surface area (Å²) in [7, 11) is 0. The number of hydrogen-bond acceptors (Lipinski definition) is 3. The summed E-state index contributed by atoms with van der Waals surface area (Å²) in [5.74, 6) is 0.512. The van der Waals surface area contributed by atoms with Gasteiger partial charge in [-0.25, -0.2) is 4.98 Å². The molecule has 0 aromatic carbocycles. The zero-order valence-electron chi connectivity index (χ0n) is 10.4. The van der Waals surface area contributed by atoms with Gasteiger partial charge in [0.1, 0.15) is 5.82 Å². The van der Waals surface area contributed by atoms with Gasteiger partial charge >= 0.3 is 0 Å². The molecule has 1 aliphatic carbocycles. The number of nitrogens with two attached hydrogens (primary N) is 1. The van der Waals surface area contributed by atoms with Crippen molar-refractivity contribution in [3.63, 3.8) is 0 Å². The predicted octanol–water partition coefficient (Wildman–Crippen LogP) is 1.85. The largest absolute Gasteiger partial charge is 0.384 e. The number of rotatable bonds is 4. The number of nitrogens with zero attached hydrogens (tertiary/aromatic N) is 2. The third-order valence-electron chi connectivity index (χ3n) is 3.10. The van der Waals surface area contributed by atoms with E-state index in [0.29, 0.717) is 17.4 Å². The van der Waals surface area contributed by atoms with Crippen molar-refractivity contribution in [3.8, 4) is 0 Å². The second-order valence-corrected chi connectivity index (χ2v) is 4.45. The lowest BCUT2D eigenvalue weighted by Crippen LogP contribution is -2.33. The van der Waals surface area contributed by atoms with Crippen LogP contribution >= 0.6 is 0 Å². The van der Waals surface area contributed by atoms with Gasteiger partial charge in [0, 0.05) is 23.8 Å². The van der Waals surface area contributed by atoms with Crippen LogP contribution < -0.4 is 5.73 Å². The van der Waals surface area contributed by atoms with Crippen LogP contribution in [0.5, 0.6) is 0 Å². The van der Waals surface area contributed by atoms with Crippen molar-refractivity contribution < 1.29 is 4.79 Å². The van der Waals surface area contributed by atoms with Crippen LogP contribution in [0, 0.1) is 0 Å². The fourth-order valence-corrected chi connectivity index (χ4v) is 2.04. The van der Waals surface area contributed by atoms with E-state index in [2.05, 4.69) is 4.98 Å². The van der Waals surface area contributed by atoms with Crippen LogP contribution in [0.3, 0.4) is 0 Å². The average molecular weight is 233 g/mol. The van der Waals surface area contributed by atoms with E-state index in [1.165, 1.54) is 0 Å². The van der Waals surface area contributed by atoms with Gasteiger partial charge in [0.25, 0.3) is 5.91 Å². The van der Waals surface area contributed by atoms with E-state index in [-0.39, 0.29) is 5.91 Å².